The molecule has 0 unspecified atom stereocenters. The van der Waals surface area contributed by atoms with Gasteiger partial charge in [0.1, 0.15) is 6.61 Å². The molecule has 0 aliphatic carbocycles. The smallest absolute Gasteiger partial charge is 0.410 e. The number of ether oxygens (including phenoxy) is 1. The third-order valence-corrected chi connectivity index (χ3v) is 3.34. The first-order valence-corrected chi connectivity index (χ1v) is 6.47. The highest BCUT2D eigenvalue weighted by atomic mass is 16.6. The van der Waals surface area contributed by atoms with Crippen LogP contribution in [0.25, 0.3) is 0 Å². The van der Waals surface area contributed by atoms with Crippen molar-refractivity contribution in [2.45, 2.75) is 31.6 Å². The van der Waals surface area contributed by atoms with Crippen LogP contribution in [0.3, 0.4) is 0 Å². The molecule has 0 saturated carbocycles. The molecule has 1 amide bonds. The predicted molar refractivity (Wildman–Crippen MR) is 69.4 cm³/mol. The molecule has 2 N–H and O–H groups in total. The lowest BCUT2D eigenvalue weighted by Crippen LogP contribution is -2.49. The van der Waals surface area contributed by atoms with Crippen LogP contribution in [0.4, 0.5) is 4.79 Å². The Kier molecular flexibility index (Phi) is 4.76. The van der Waals surface area contributed by atoms with Gasteiger partial charge >= 0.3 is 6.09 Å². The zero-order chi connectivity index (χ0) is 13.7. The molecular weight excluding hydrogens is 246 g/mol. The fourth-order valence-corrected chi connectivity index (χ4v) is 2.25. The van der Waals surface area contributed by atoms with Gasteiger partial charge in [-0.2, -0.15) is 0 Å². The summed E-state index contributed by atoms with van der Waals surface area (Å²) in [6.07, 6.45) is 0.0403. The zero-order valence-corrected chi connectivity index (χ0v) is 10.7. The number of aliphatic hydroxyl groups excluding tert-OH is 2. The second-order valence-electron chi connectivity index (χ2n) is 4.75. The molecule has 1 aliphatic rings. The zero-order valence-electron chi connectivity index (χ0n) is 10.7. The van der Waals surface area contributed by atoms with Gasteiger partial charge in [0.25, 0.3) is 0 Å². The maximum absolute atomic E-state index is 12.0. The van der Waals surface area contributed by atoms with Crippen LogP contribution in [-0.4, -0.2) is 46.5 Å². The number of benzene rings is 1. The van der Waals surface area contributed by atoms with Gasteiger partial charge in [-0.3, -0.25) is 0 Å². The van der Waals surface area contributed by atoms with Gasteiger partial charge in [-0.25, -0.2) is 4.79 Å². The minimum absolute atomic E-state index is 0.155. The van der Waals surface area contributed by atoms with E-state index < -0.39 is 12.2 Å². The van der Waals surface area contributed by atoms with Crippen LogP contribution in [0.15, 0.2) is 30.3 Å². The number of hydrogen-bond donors (Lipinski definition) is 2. The van der Waals surface area contributed by atoms with Crippen molar-refractivity contribution in [1.82, 2.24) is 4.90 Å². The maximum Gasteiger partial charge on any atom is 0.410 e. The summed E-state index contributed by atoms with van der Waals surface area (Å²) >= 11 is 0. The number of hydrogen-bond acceptors (Lipinski definition) is 4. The highest BCUT2D eigenvalue weighted by molar-refractivity contribution is 5.68. The lowest BCUT2D eigenvalue weighted by Gasteiger charge is -2.35. The van der Waals surface area contributed by atoms with Gasteiger partial charge in [0.2, 0.25) is 0 Å². The Morgan fingerprint density at radius 2 is 2.11 bits per heavy atom. The lowest BCUT2D eigenvalue weighted by atomic mass is 10.0. The Hall–Kier alpha value is -1.59. The van der Waals surface area contributed by atoms with Crippen molar-refractivity contribution in [3.63, 3.8) is 0 Å². The molecule has 1 saturated heterocycles. The maximum atomic E-state index is 12.0. The monoisotopic (exact) mass is 265 g/mol. The van der Waals surface area contributed by atoms with Crippen LogP contribution < -0.4 is 0 Å². The van der Waals surface area contributed by atoms with Crippen molar-refractivity contribution in [1.29, 1.82) is 0 Å². The molecule has 5 nitrogen and oxygen atoms in total. The van der Waals surface area contributed by atoms with Gasteiger partial charge in [0, 0.05) is 6.54 Å². The fourth-order valence-electron chi connectivity index (χ4n) is 2.25. The average Bonchev–Trinajstić information content (AvgIpc) is 2.45. The van der Waals surface area contributed by atoms with Gasteiger partial charge < -0.3 is 19.8 Å². The summed E-state index contributed by atoms with van der Waals surface area (Å²) in [5.41, 5.74) is 0.924. The van der Waals surface area contributed by atoms with Gasteiger partial charge in [-0.05, 0) is 18.4 Å². The number of amides is 1. The molecule has 1 fully saturated rings. The fraction of sp³-hybridized carbons (Fsp3) is 0.500. The topological polar surface area (TPSA) is 70.0 Å². The largest absolute Gasteiger partial charge is 0.445 e. The van der Waals surface area contributed by atoms with E-state index in [1.807, 2.05) is 30.3 Å². The normalized spacial score (nSPS) is 23.2. The summed E-state index contributed by atoms with van der Waals surface area (Å²) in [6.45, 7) is 0.481. The van der Waals surface area contributed by atoms with Crippen molar-refractivity contribution < 1.29 is 19.7 Å². The molecule has 1 aromatic carbocycles. The van der Waals surface area contributed by atoms with Crippen LogP contribution in [0, 0.1) is 0 Å². The number of aliphatic hydroxyl groups is 2. The van der Waals surface area contributed by atoms with E-state index >= 15 is 0 Å². The standard InChI is InChI=1S/C14H19NO4/c16-9-12-8-13(17)6-7-15(12)14(18)19-10-11-4-2-1-3-5-11/h1-5,12-13,16-17H,6-10H2/t12-,13+/m0/s1. The van der Waals surface area contributed by atoms with Gasteiger partial charge in [0.15, 0.2) is 0 Å². The first-order valence-electron chi connectivity index (χ1n) is 6.47. The van der Waals surface area contributed by atoms with Crippen LogP contribution in [0.2, 0.25) is 0 Å². The van der Waals surface area contributed by atoms with Gasteiger partial charge in [0.05, 0.1) is 18.8 Å². The van der Waals surface area contributed by atoms with E-state index in [4.69, 9.17) is 4.74 Å². The average molecular weight is 265 g/mol. The highest BCUT2D eigenvalue weighted by Gasteiger charge is 2.31. The Labute approximate surface area is 112 Å². The van der Waals surface area contributed by atoms with Crippen molar-refractivity contribution in [2.24, 2.45) is 0 Å². The molecule has 2 rings (SSSR count). The van der Waals surface area contributed by atoms with E-state index in [9.17, 15) is 15.0 Å². The molecule has 0 radical (unpaired) electrons. The Bertz CT molecular complexity index is 409. The van der Waals surface area contributed by atoms with Crippen molar-refractivity contribution >= 4 is 6.09 Å². The summed E-state index contributed by atoms with van der Waals surface area (Å²) in [7, 11) is 0. The third-order valence-electron chi connectivity index (χ3n) is 3.34. The minimum Gasteiger partial charge on any atom is -0.445 e. The molecular formula is C14H19NO4. The van der Waals surface area contributed by atoms with Gasteiger partial charge in [-0.1, -0.05) is 30.3 Å². The summed E-state index contributed by atoms with van der Waals surface area (Å²) < 4.78 is 5.23. The summed E-state index contributed by atoms with van der Waals surface area (Å²) in [6, 6.07) is 9.09. The molecule has 2 atom stereocenters. The molecule has 1 heterocycles. The summed E-state index contributed by atoms with van der Waals surface area (Å²) in [5.74, 6) is 0. The Balaban J connectivity index is 1.88. The summed E-state index contributed by atoms with van der Waals surface area (Å²) in [5, 5.41) is 18.8. The predicted octanol–water partition coefficient (Wildman–Crippen LogP) is 1.14. The molecule has 5 heteroatoms. The molecule has 104 valence electrons. The number of nitrogens with zero attached hydrogens (tertiary/aromatic N) is 1. The molecule has 1 aromatic rings. The number of likely N-dealkylation sites (tertiary alicyclic amines) is 1. The quantitative estimate of drug-likeness (QED) is 0.860. The number of rotatable bonds is 3. The van der Waals surface area contributed by atoms with Crippen LogP contribution in [0.5, 0.6) is 0 Å². The Morgan fingerprint density at radius 3 is 2.79 bits per heavy atom. The molecule has 0 bridgehead atoms. The lowest BCUT2D eigenvalue weighted by molar-refractivity contribution is 0.00891. The minimum atomic E-state index is -0.449. The number of piperidine rings is 1. The van der Waals surface area contributed by atoms with E-state index in [0.717, 1.165) is 5.56 Å². The number of carbonyl (C=O) groups is 1. The van der Waals surface area contributed by atoms with E-state index in [0.29, 0.717) is 19.4 Å². The summed E-state index contributed by atoms with van der Waals surface area (Å²) in [4.78, 5) is 13.5. The van der Waals surface area contributed by atoms with E-state index in [-0.39, 0.29) is 19.3 Å². The van der Waals surface area contributed by atoms with Crippen LogP contribution >= 0.6 is 0 Å². The third kappa shape index (κ3) is 3.68. The molecule has 19 heavy (non-hydrogen) atoms. The number of carbonyl (C=O) groups excluding carboxylic acids is 1. The SMILES string of the molecule is O=C(OCc1ccccc1)N1CC[C@@H](O)C[C@H]1CO. The second kappa shape index (κ2) is 6.54. The molecule has 0 spiro atoms. The molecule has 0 aromatic heterocycles. The van der Waals surface area contributed by atoms with E-state index in [2.05, 4.69) is 0 Å². The second-order valence-corrected chi connectivity index (χ2v) is 4.75. The van der Waals surface area contributed by atoms with Crippen molar-refractivity contribution in [3.05, 3.63) is 35.9 Å². The van der Waals surface area contributed by atoms with E-state index in [1.165, 1.54) is 4.90 Å². The Morgan fingerprint density at radius 1 is 1.37 bits per heavy atom. The van der Waals surface area contributed by atoms with E-state index in [1.54, 1.807) is 0 Å². The first kappa shape index (κ1) is 13.8. The van der Waals surface area contributed by atoms with Gasteiger partial charge in [-0.15, -0.1) is 0 Å². The van der Waals surface area contributed by atoms with Crippen LogP contribution in [0.1, 0.15) is 18.4 Å². The highest BCUT2D eigenvalue weighted by Crippen LogP contribution is 2.18. The van der Waals surface area contributed by atoms with Crippen molar-refractivity contribution in [2.75, 3.05) is 13.2 Å². The first-order chi connectivity index (χ1) is 9.20. The molecule has 1 aliphatic heterocycles. The van der Waals surface area contributed by atoms with Crippen molar-refractivity contribution in [3.8, 4) is 0 Å². The van der Waals surface area contributed by atoms with Crippen LogP contribution in [-0.2, 0) is 11.3 Å².